The molecule has 0 aromatic carbocycles. The van der Waals surface area contributed by atoms with Crippen molar-refractivity contribution < 1.29 is 13.9 Å². The van der Waals surface area contributed by atoms with E-state index in [-0.39, 0.29) is 0 Å². The largest absolute Gasteiger partial charge is 0.457 e. The maximum absolute atomic E-state index is 10.5. The molecule has 0 aliphatic carbocycles. The first-order valence-corrected chi connectivity index (χ1v) is 5.98. The van der Waals surface area contributed by atoms with Crippen LogP contribution >= 0.6 is 0 Å². The molecule has 96 valence electrons. The number of carbonyl (C=O) groups is 1. The van der Waals surface area contributed by atoms with Crippen molar-refractivity contribution in [3.8, 4) is 0 Å². The molecule has 1 unspecified atom stereocenters. The lowest BCUT2D eigenvalue weighted by Gasteiger charge is -2.27. The molecular weight excluding hydrogens is 218 g/mol. The Hall–Kier alpha value is -1.13. The van der Waals surface area contributed by atoms with Gasteiger partial charge in [0.1, 0.15) is 5.76 Å². The molecule has 1 rings (SSSR count). The fourth-order valence-electron chi connectivity index (χ4n) is 1.67. The molecule has 1 aromatic heterocycles. The normalized spacial score (nSPS) is 12.9. The summed E-state index contributed by atoms with van der Waals surface area (Å²) in [6.07, 6.45) is 1.80. The molecule has 4 nitrogen and oxygen atoms in total. The second kappa shape index (κ2) is 7.25. The van der Waals surface area contributed by atoms with E-state index in [9.17, 15) is 4.79 Å². The number of ether oxygens (including phenoxy) is 1. The van der Waals surface area contributed by atoms with Crippen LogP contribution in [0.15, 0.2) is 16.5 Å². The molecule has 0 fully saturated rings. The van der Waals surface area contributed by atoms with E-state index in [0.29, 0.717) is 25.0 Å². The third-order valence-electron chi connectivity index (χ3n) is 2.95. The maximum Gasteiger partial charge on any atom is 0.185 e. The van der Waals surface area contributed by atoms with Gasteiger partial charge in [-0.25, -0.2) is 0 Å². The lowest BCUT2D eigenvalue weighted by atomic mass is 10.2. The SMILES string of the molecule is CCC(C)N(CCOC)Cc1ccc(C=O)o1. The van der Waals surface area contributed by atoms with Crippen LogP contribution in [0.1, 0.15) is 36.6 Å². The second-order valence-electron chi connectivity index (χ2n) is 4.14. The van der Waals surface area contributed by atoms with Gasteiger partial charge in [-0.3, -0.25) is 9.69 Å². The second-order valence-corrected chi connectivity index (χ2v) is 4.14. The Kier molecular flexibility index (Phi) is 5.94. The van der Waals surface area contributed by atoms with Crippen molar-refractivity contribution >= 4 is 6.29 Å². The van der Waals surface area contributed by atoms with Crippen molar-refractivity contribution in [2.75, 3.05) is 20.3 Å². The van der Waals surface area contributed by atoms with Crippen molar-refractivity contribution in [3.05, 3.63) is 23.7 Å². The van der Waals surface area contributed by atoms with E-state index in [1.165, 1.54) is 0 Å². The molecule has 0 spiro atoms. The Balaban J connectivity index is 2.60. The Morgan fingerprint density at radius 1 is 1.53 bits per heavy atom. The monoisotopic (exact) mass is 239 g/mol. The molecule has 0 radical (unpaired) electrons. The standard InChI is InChI=1S/C13H21NO3/c1-4-11(2)14(7-8-16-3)9-12-5-6-13(10-15)17-12/h5-6,10-11H,4,7-9H2,1-3H3. The number of furan rings is 1. The van der Waals surface area contributed by atoms with Gasteiger partial charge in [-0.1, -0.05) is 6.92 Å². The minimum Gasteiger partial charge on any atom is -0.457 e. The van der Waals surface area contributed by atoms with Crippen molar-refractivity contribution in [2.24, 2.45) is 0 Å². The van der Waals surface area contributed by atoms with Gasteiger partial charge in [0.2, 0.25) is 0 Å². The van der Waals surface area contributed by atoms with E-state index >= 15 is 0 Å². The summed E-state index contributed by atoms with van der Waals surface area (Å²) >= 11 is 0. The molecule has 0 aliphatic heterocycles. The van der Waals surface area contributed by atoms with Crippen LogP contribution in [0.2, 0.25) is 0 Å². The highest BCUT2D eigenvalue weighted by Crippen LogP contribution is 2.12. The highest BCUT2D eigenvalue weighted by molar-refractivity contribution is 5.70. The zero-order valence-corrected chi connectivity index (χ0v) is 10.8. The Labute approximate surface area is 103 Å². The predicted molar refractivity (Wildman–Crippen MR) is 66.1 cm³/mol. The first-order chi connectivity index (χ1) is 8.21. The van der Waals surface area contributed by atoms with E-state index in [4.69, 9.17) is 9.15 Å². The van der Waals surface area contributed by atoms with Crippen molar-refractivity contribution in [2.45, 2.75) is 32.9 Å². The van der Waals surface area contributed by atoms with Crippen molar-refractivity contribution in [3.63, 3.8) is 0 Å². The maximum atomic E-state index is 10.5. The lowest BCUT2D eigenvalue weighted by Crippen LogP contribution is -2.34. The van der Waals surface area contributed by atoms with Crippen LogP contribution in [0.3, 0.4) is 0 Å². The van der Waals surface area contributed by atoms with Crippen LogP contribution < -0.4 is 0 Å². The number of methoxy groups -OCH3 is 1. The summed E-state index contributed by atoms with van der Waals surface area (Å²) in [4.78, 5) is 12.8. The zero-order valence-electron chi connectivity index (χ0n) is 10.8. The van der Waals surface area contributed by atoms with E-state index in [1.54, 1.807) is 13.2 Å². The molecule has 0 saturated carbocycles. The molecular formula is C13H21NO3. The van der Waals surface area contributed by atoms with Crippen molar-refractivity contribution in [1.29, 1.82) is 0 Å². The van der Waals surface area contributed by atoms with Gasteiger partial charge in [-0.2, -0.15) is 0 Å². The highest BCUT2D eigenvalue weighted by atomic mass is 16.5. The predicted octanol–water partition coefficient (Wildman–Crippen LogP) is 2.34. The number of hydrogen-bond donors (Lipinski definition) is 0. The van der Waals surface area contributed by atoms with E-state index in [2.05, 4.69) is 18.7 Å². The Bertz CT molecular complexity index is 335. The Morgan fingerprint density at radius 2 is 2.29 bits per heavy atom. The summed E-state index contributed by atoms with van der Waals surface area (Å²) in [5.74, 6) is 1.21. The van der Waals surface area contributed by atoms with Crippen LogP contribution in [0.5, 0.6) is 0 Å². The molecule has 0 saturated heterocycles. The van der Waals surface area contributed by atoms with Gasteiger partial charge >= 0.3 is 0 Å². The average Bonchev–Trinajstić information content (AvgIpc) is 2.81. The van der Waals surface area contributed by atoms with Crippen LogP contribution in [-0.2, 0) is 11.3 Å². The van der Waals surface area contributed by atoms with Gasteiger partial charge < -0.3 is 9.15 Å². The molecule has 1 heterocycles. The number of carbonyl (C=O) groups excluding carboxylic acids is 1. The third kappa shape index (κ3) is 4.32. The number of rotatable bonds is 8. The average molecular weight is 239 g/mol. The fourth-order valence-corrected chi connectivity index (χ4v) is 1.67. The van der Waals surface area contributed by atoms with Gasteiger partial charge in [0.25, 0.3) is 0 Å². The van der Waals surface area contributed by atoms with Crippen LogP contribution in [0, 0.1) is 0 Å². The number of nitrogens with zero attached hydrogens (tertiary/aromatic N) is 1. The summed E-state index contributed by atoms with van der Waals surface area (Å²) in [5, 5.41) is 0. The van der Waals surface area contributed by atoms with E-state index in [0.717, 1.165) is 25.0 Å². The molecule has 0 aliphatic rings. The molecule has 17 heavy (non-hydrogen) atoms. The van der Waals surface area contributed by atoms with Crippen LogP contribution in [-0.4, -0.2) is 37.5 Å². The summed E-state index contributed by atoms with van der Waals surface area (Å²) in [7, 11) is 1.70. The van der Waals surface area contributed by atoms with Gasteiger partial charge in [0.05, 0.1) is 13.2 Å². The smallest absolute Gasteiger partial charge is 0.185 e. The topological polar surface area (TPSA) is 42.7 Å². The third-order valence-corrected chi connectivity index (χ3v) is 2.95. The molecule has 1 atom stereocenters. The number of hydrogen-bond acceptors (Lipinski definition) is 4. The summed E-state index contributed by atoms with van der Waals surface area (Å²) in [5.41, 5.74) is 0. The first-order valence-electron chi connectivity index (χ1n) is 5.98. The van der Waals surface area contributed by atoms with E-state index < -0.39 is 0 Å². The van der Waals surface area contributed by atoms with Gasteiger partial charge in [0, 0.05) is 19.7 Å². The van der Waals surface area contributed by atoms with Crippen molar-refractivity contribution in [1.82, 2.24) is 4.90 Å². The molecule has 0 amide bonds. The lowest BCUT2D eigenvalue weighted by molar-refractivity contribution is 0.106. The van der Waals surface area contributed by atoms with Gasteiger partial charge in [-0.05, 0) is 25.5 Å². The molecule has 4 heteroatoms. The molecule has 0 bridgehead atoms. The number of aldehydes is 1. The zero-order chi connectivity index (χ0) is 12.7. The highest BCUT2D eigenvalue weighted by Gasteiger charge is 2.14. The van der Waals surface area contributed by atoms with E-state index in [1.807, 2.05) is 6.07 Å². The minimum absolute atomic E-state index is 0.385. The van der Waals surface area contributed by atoms with Gasteiger partial charge in [0.15, 0.2) is 12.0 Å². The summed E-state index contributed by atoms with van der Waals surface area (Å²) in [6, 6.07) is 4.02. The molecule has 0 N–H and O–H groups in total. The molecule has 1 aromatic rings. The minimum atomic E-state index is 0.385. The summed E-state index contributed by atoms with van der Waals surface area (Å²) < 4.78 is 10.5. The summed E-state index contributed by atoms with van der Waals surface area (Å²) in [6.45, 7) is 6.61. The van der Waals surface area contributed by atoms with Crippen LogP contribution in [0.4, 0.5) is 0 Å². The quantitative estimate of drug-likeness (QED) is 0.653. The fraction of sp³-hybridized carbons (Fsp3) is 0.615. The Morgan fingerprint density at radius 3 is 2.82 bits per heavy atom. The van der Waals surface area contributed by atoms with Crippen LogP contribution in [0.25, 0.3) is 0 Å². The first kappa shape index (κ1) is 13.9. The van der Waals surface area contributed by atoms with Gasteiger partial charge in [-0.15, -0.1) is 0 Å².